The fourth-order valence-corrected chi connectivity index (χ4v) is 6.18. The van der Waals surface area contributed by atoms with Gasteiger partial charge >= 0.3 is 0 Å². The second-order valence-electron chi connectivity index (χ2n) is 9.91. The number of hydrogen-bond acceptors (Lipinski definition) is 5. The van der Waals surface area contributed by atoms with E-state index in [1.807, 2.05) is 12.1 Å². The molecule has 0 unspecified atom stereocenters. The minimum Gasteiger partial charge on any atom is -0.393 e. The number of amides is 2. The summed E-state index contributed by atoms with van der Waals surface area (Å²) in [5.74, 6) is 0.203. The minimum absolute atomic E-state index is 0.343. The van der Waals surface area contributed by atoms with Crippen LogP contribution in [0.5, 0.6) is 0 Å². The highest BCUT2D eigenvalue weighted by Crippen LogP contribution is 2.43. The van der Waals surface area contributed by atoms with Crippen molar-refractivity contribution in [3.8, 4) is 0 Å². The second-order valence-corrected chi connectivity index (χ2v) is 9.91. The summed E-state index contributed by atoms with van der Waals surface area (Å²) in [5.41, 5.74) is 7.24. The number of carbonyl (C=O) groups is 2. The molecule has 3 aliphatic rings. The van der Waals surface area contributed by atoms with Crippen LogP contribution >= 0.6 is 0 Å². The van der Waals surface area contributed by atoms with E-state index in [1.165, 1.54) is 18.4 Å². The third-order valence-electron chi connectivity index (χ3n) is 7.88. The molecule has 3 fully saturated rings. The van der Waals surface area contributed by atoms with Crippen LogP contribution in [-0.4, -0.2) is 76.3 Å². The number of rotatable bonds is 9. The summed E-state index contributed by atoms with van der Waals surface area (Å²) in [4.78, 5) is 28.6. The molecule has 0 radical (unpaired) electrons. The molecule has 2 heterocycles. The van der Waals surface area contributed by atoms with Crippen molar-refractivity contribution < 1.29 is 19.8 Å². The third kappa shape index (κ3) is 5.16. The van der Waals surface area contributed by atoms with Crippen molar-refractivity contribution in [2.24, 2.45) is 11.7 Å². The maximum absolute atomic E-state index is 12.7. The standard InChI is InChI=1S/C25H37N3O4/c26-24(31)19-7-3-6-18(12-19)20-13-21-8-9-22(14-20)28(21)11-10-27(25(32)23(30)16-29)15-17-4-1-2-5-17/h3,6-7,12,17,20-23,29-30H,1-2,4-5,8-11,13-16H2,(H2,26,31)/t20-,21+,22-,23-/m1/s1. The lowest BCUT2D eigenvalue weighted by Crippen LogP contribution is -2.49. The number of nitrogens with two attached hydrogens (primary N) is 1. The Morgan fingerprint density at radius 1 is 1.12 bits per heavy atom. The Hall–Kier alpha value is -1.96. The maximum atomic E-state index is 12.7. The molecule has 4 atom stereocenters. The van der Waals surface area contributed by atoms with Crippen LogP contribution in [0.2, 0.25) is 0 Å². The van der Waals surface area contributed by atoms with Crippen molar-refractivity contribution in [2.75, 3.05) is 26.2 Å². The van der Waals surface area contributed by atoms with Gasteiger partial charge in [-0.25, -0.2) is 0 Å². The molecule has 7 heteroatoms. The lowest BCUT2D eigenvalue weighted by Gasteiger charge is -2.40. The van der Waals surface area contributed by atoms with Crippen molar-refractivity contribution >= 4 is 11.8 Å². The zero-order valence-corrected chi connectivity index (χ0v) is 18.9. The number of fused-ring (bicyclic) bond motifs is 2. The summed E-state index contributed by atoms with van der Waals surface area (Å²) < 4.78 is 0. The van der Waals surface area contributed by atoms with E-state index >= 15 is 0 Å². The first kappa shape index (κ1) is 23.2. The van der Waals surface area contributed by atoms with Gasteiger partial charge in [-0.05, 0) is 68.1 Å². The number of primary amides is 1. The van der Waals surface area contributed by atoms with Crippen molar-refractivity contribution in [3.63, 3.8) is 0 Å². The highest BCUT2D eigenvalue weighted by Gasteiger charge is 2.41. The first-order chi connectivity index (χ1) is 15.5. The Morgan fingerprint density at radius 3 is 2.44 bits per heavy atom. The highest BCUT2D eigenvalue weighted by molar-refractivity contribution is 5.92. The lowest BCUT2D eigenvalue weighted by molar-refractivity contribution is -0.143. The minimum atomic E-state index is -1.32. The zero-order valence-electron chi connectivity index (χ0n) is 18.9. The van der Waals surface area contributed by atoms with E-state index in [0.29, 0.717) is 42.6 Å². The topological polar surface area (TPSA) is 107 Å². The Labute approximate surface area is 190 Å². The molecule has 4 N–H and O–H groups in total. The number of piperidine rings is 1. The average molecular weight is 444 g/mol. The molecule has 0 aromatic heterocycles. The monoisotopic (exact) mass is 443 g/mol. The average Bonchev–Trinajstić information content (AvgIpc) is 3.40. The summed E-state index contributed by atoms with van der Waals surface area (Å²) in [6.45, 7) is 1.56. The van der Waals surface area contributed by atoms with Gasteiger partial charge in [0, 0.05) is 37.3 Å². The first-order valence-corrected chi connectivity index (χ1v) is 12.2. The van der Waals surface area contributed by atoms with Gasteiger partial charge in [0.1, 0.15) is 0 Å². The summed E-state index contributed by atoms with van der Waals surface area (Å²) >= 11 is 0. The van der Waals surface area contributed by atoms with Crippen LogP contribution < -0.4 is 5.73 Å². The van der Waals surface area contributed by atoms with E-state index in [1.54, 1.807) is 11.0 Å². The number of nitrogens with zero attached hydrogens (tertiary/aromatic N) is 2. The number of aliphatic hydroxyl groups excluding tert-OH is 2. The van der Waals surface area contributed by atoms with E-state index in [4.69, 9.17) is 5.73 Å². The van der Waals surface area contributed by atoms with E-state index in [9.17, 15) is 19.8 Å². The fraction of sp³-hybridized carbons (Fsp3) is 0.680. The van der Waals surface area contributed by atoms with Crippen LogP contribution in [0.1, 0.15) is 73.2 Å². The summed E-state index contributed by atoms with van der Waals surface area (Å²) in [6.07, 6.45) is 7.80. The molecular formula is C25H37N3O4. The van der Waals surface area contributed by atoms with Gasteiger partial charge < -0.3 is 20.8 Å². The van der Waals surface area contributed by atoms with Gasteiger partial charge in [0.05, 0.1) is 6.61 Å². The van der Waals surface area contributed by atoms with Crippen LogP contribution in [0, 0.1) is 5.92 Å². The van der Waals surface area contributed by atoms with Gasteiger partial charge in [0.15, 0.2) is 6.10 Å². The molecule has 2 aliphatic heterocycles. The van der Waals surface area contributed by atoms with Crippen LogP contribution in [0.25, 0.3) is 0 Å². The predicted octanol–water partition coefficient (Wildman–Crippen LogP) is 1.87. The number of benzene rings is 1. The van der Waals surface area contributed by atoms with Gasteiger partial charge in [0.25, 0.3) is 5.91 Å². The Balaban J connectivity index is 1.38. The molecule has 176 valence electrons. The van der Waals surface area contributed by atoms with Crippen LogP contribution in [0.4, 0.5) is 0 Å². The molecule has 1 aromatic carbocycles. The van der Waals surface area contributed by atoms with Crippen LogP contribution in [-0.2, 0) is 4.79 Å². The Kier molecular flexibility index (Phi) is 7.48. The van der Waals surface area contributed by atoms with Crippen molar-refractivity contribution in [1.82, 2.24) is 9.80 Å². The quantitative estimate of drug-likeness (QED) is 0.540. The summed E-state index contributed by atoms with van der Waals surface area (Å²) in [7, 11) is 0. The van der Waals surface area contributed by atoms with Gasteiger partial charge in [-0.1, -0.05) is 25.0 Å². The molecule has 0 spiro atoms. The largest absolute Gasteiger partial charge is 0.393 e. The van der Waals surface area contributed by atoms with Crippen molar-refractivity contribution in [1.29, 1.82) is 0 Å². The predicted molar refractivity (Wildman–Crippen MR) is 122 cm³/mol. The summed E-state index contributed by atoms with van der Waals surface area (Å²) in [5, 5.41) is 19.2. The smallest absolute Gasteiger partial charge is 0.253 e. The maximum Gasteiger partial charge on any atom is 0.253 e. The number of hydrogen-bond donors (Lipinski definition) is 3. The van der Waals surface area contributed by atoms with Gasteiger partial charge in [-0.2, -0.15) is 0 Å². The fourth-order valence-electron chi connectivity index (χ4n) is 6.18. The highest BCUT2D eigenvalue weighted by atomic mass is 16.3. The molecule has 1 aliphatic carbocycles. The molecule has 2 saturated heterocycles. The lowest BCUT2D eigenvalue weighted by atomic mass is 9.84. The van der Waals surface area contributed by atoms with Crippen molar-refractivity contribution in [3.05, 3.63) is 35.4 Å². The summed E-state index contributed by atoms with van der Waals surface area (Å²) in [6, 6.07) is 8.68. The number of carbonyl (C=O) groups excluding carboxylic acids is 2. The van der Waals surface area contributed by atoms with E-state index in [-0.39, 0.29) is 11.8 Å². The second kappa shape index (κ2) is 10.3. The molecule has 2 bridgehead atoms. The van der Waals surface area contributed by atoms with Gasteiger partial charge in [-0.3, -0.25) is 14.5 Å². The molecule has 1 aromatic rings. The van der Waals surface area contributed by atoms with Gasteiger partial charge in [0.2, 0.25) is 5.91 Å². The van der Waals surface area contributed by atoms with Crippen LogP contribution in [0.3, 0.4) is 0 Å². The van der Waals surface area contributed by atoms with E-state index in [2.05, 4.69) is 11.0 Å². The zero-order chi connectivity index (χ0) is 22.7. The van der Waals surface area contributed by atoms with E-state index in [0.717, 1.165) is 45.1 Å². The van der Waals surface area contributed by atoms with Crippen molar-refractivity contribution in [2.45, 2.75) is 75.5 Å². The Bertz CT molecular complexity index is 796. The molecule has 32 heavy (non-hydrogen) atoms. The number of aliphatic hydroxyl groups is 2. The molecule has 4 rings (SSSR count). The normalized spacial score (nSPS) is 26.9. The third-order valence-corrected chi connectivity index (χ3v) is 7.88. The van der Waals surface area contributed by atoms with Crippen LogP contribution in [0.15, 0.2) is 24.3 Å². The molecule has 2 amide bonds. The molecule has 7 nitrogen and oxygen atoms in total. The van der Waals surface area contributed by atoms with Gasteiger partial charge in [-0.15, -0.1) is 0 Å². The molecule has 1 saturated carbocycles. The molecular weight excluding hydrogens is 406 g/mol. The Morgan fingerprint density at radius 2 is 1.81 bits per heavy atom. The van der Waals surface area contributed by atoms with E-state index < -0.39 is 12.7 Å². The SMILES string of the molecule is NC(=O)c1cccc([C@H]2C[C@H]3CC[C@@H](C2)N3CCN(CC2CCCC2)C(=O)[C@H](O)CO)c1. The first-order valence-electron chi connectivity index (χ1n) is 12.2.